The number of nitrogens with zero attached hydrogens (tertiary/aromatic N) is 3. The molecule has 0 aliphatic carbocycles. The molecule has 0 fully saturated rings. The van der Waals surface area contributed by atoms with Gasteiger partial charge in [0.05, 0.1) is 16.4 Å². The Bertz CT molecular complexity index is 421. The zero-order valence-corrected chi connectivity index (χ0v) is 13.8. The Morgan fingerprint density at radius 1 is 1.37 bits per heavy atom. The van der Waals surface area contributed by atoms with E-state index in [1.165, 1.54) is 0 Å². The van der Waals surface area contributed by atoms with Crippen LogP contribution in [0.5, 0.6) is 0 Å². The van der Waals surface area contributed by atoms with Crippen LogP contribution in [0.15, 0.2) is 0 Å². The highest BCUT2D eigenvalue weighted by Crippen LogP contribution is 2.25. The van der Waals surface area contributed by atoms with Crippen molar-refractivity contribution in [3.05, 3.63) is 16.4 Å². The van der Waals surface area contributed by atoms with Crippen molar-refractivity contribution in [3.8, 4) is 0 Å². The lowest BCUT2D eigenvalue weighted by atomic mass is 9.89. The molecule has 0 aliphatic rings. The predicted octanol–water partition coefficient (Wildman–Crippen LogP) is 2.37. The second-order valence-corrected chi connectivity index (χ2v) is 5.98. The predicted molar refractivity (Wildman–Crippen MR) is 81.6 cm³/mol. The summed E-state index contributed by atoms with van der Waals surface area (Å²) in [6, 6.07) is 0.0136. The minimum absolute atomic E-state index is 0.0136. The summed E-state index contributed by atoms with van der Waals surface area (Å²) in [6.07, 6.45) is 0.736. The van der Waals surface area contributed by atoms with Crippen LogP contribution < -0.4 is 5.73 Å². The number of aromatic nitrogens is 2. The Balaban J connectivity index is 2.92. The molecule has 1 heterocycles. The monoisotopic (exact) mass is 286 g/mol. The molecule has 0 radical (unpaired) electrons. The van der Waals surface area contributed by atoms with Gasteiger partial charge in [-0.05, 0) is 33.9 Å². The number of aryl methyl sites for hydroxylation is 2. The standard InChI is InChI=1S/C14H27ClN4/c1-7-19(8-2)14(4,5)12(16)9-11-13(15)10(3)17-18(11)6/h12H,7-9,16H2,1-6H3. The molecule has 4 nitrogen and oxygen atoms in total. The first-order valence-electron chi connectivity index (χ1n) is 6.94. The number of halogens is 1. The van der Waals surface area contributed by atoms with Crippen molar-refractivity contribution in [1.82, 2.24) is 14.7 Å². The summed E-state index contributed by atoms with van der Waals surface area (Å²) in [6.45, 7) is 12.6. The van der Waals surface area contributed by atoms with E-state index >= 15 is 0 Å². The van der Waals surface area contributed by atoms with Gasteiger partial charge in [-0.1, -0.05) is 25.4 Å². The molecule has 1 rings (SSSR count). The van der Waals surface area contributed by atoms with Gasteiger partial charge in [0.25, 0.3) is 0 Å². The maximum Gasteiger partial charge on any atom is 0.0847 e. The van der Waals surface area contributed by atoms with Crippen LogP contribution in [0, 0.1) is 6.92 Å². The van der Waals surface area contributed by atoms with Gasteiger partial charge in [-0.2, -0.15) is 5.10 Å². The molecule has 0 saturated carbocycles. The zero-order chi connectivity index (χ0) is 14.8. The van der Waals surface area contributed by atoms with E-state index in [0.717, 1.165) is 35.9 Å². The van der Waals surface area contributed by atoms with Crippen molar-refractivity contribution in [3.63, 3.8) is 0 Å². The van der Waals surface area contributed by atoms with Crippen molar-refractivity contribution in [2.75, 3.05) is 13.1 Å². The lowest BCUT2D eigenvalue weighted by Gasteiger charge is -2.41. The molecule has 1 aromatic rings. The summed E-state index contributed by atoms with van der Waals surface area (Å²) < 4.78 is 1.84. The number of hydrogen-bond donors (Lipinski definition) is 1. The smallest absolute Gasteiger partial charge is 0.0847 e. The van der Waals surface area contributed by atoms with Gasteiger partial charge < -0.3 is 5.73 Å². The topological polar surface area (TPSA) is 47.1 Å². The van der Waals surface area contributed by atoms with Gasteiger partial charge in [0.1, 0.15) is 0 Å². The minimum Gasteiger partial charge on any atom is -0.326 e. The number of rotatable bonds is 6. The van der Waals surface area contributed by atoms with Crippen LogP contribution in [0.3, 0.4) is 0 Å². The summed E-state index contributed by atoms with van der Waals surface area (Å²) in [7, 11) is 1.92. The van der Waals surface area contributed by atoms with Crippen LogP contribution in [-0.2, 0) is 13.5 Å². The first-order chi connectivity index (χ1) is 8.75. The summed E-state index contributed by atoms with van der Waals surface area (Å²) in [5, 5.41) is 5.09. The van der Waals surface area contributed by atoms with E-state index in [0.29, 0.717) is 0 Å². The third-order valence-electron chi connectivity index (χ3n) is 4.16. The molecule has 0 amide bonds. The molecule has 110 valence electrons. The molecule has 5 heteroatoms. The van der Waals surface area contributed by atoms with E-state index in [1.807, 2.05) is 18.7 Å². The Kier molecular flexibility index (Phi) is 5.42. The van der Waals surface area contributed by atoms with E-state index in [2.05, 4.69) is 37.7 Å². The maximum atomic E-state index is 6.44. The molecule has 2 N–H and O–H groups in total. The maximum absolute atomic E-state index is 6.44. The molecule has 0 saturated heterocycles. The van der Waals surface area contributed by atoms with Crippen LogP contribution in [0.2, 0.25) is 5.02 Å². The average molecular weight is 287 g/mol. The Labute approximate surface area is 121 Å². The van der Waals surface area contributed by atoms with E-state index in [-0.39, 0.29) is 11.6 Å². The van der Waals surface area contributed by atoms with Gasteiger partial charge in [0.15, 0.2) is 0 Å². The highest BCUT2D eigenvalue weighted by Gasteiger charge is 2.32. The highest BCUT2D eigenvalue weighted by atomic mass is 35.5. The minimum atomic E-state index is -0.0645. The molecule has 19 heavy (non-hydrogen) atoms. The molecule has 1 aromatic heterocycles. The van der Waals surface area contributed by atoms with Crippen LogP contribution in [0.4, 0.5) is 0 Å². The van der Waals surface area contributed by atoms with Crippen LogP contribution in [0.25, 0.3) is 0 Å². The van der Waals surface area contributed by atoms with Crippen LogP contribution >= 0.6 is 11.6 Å². The summed E-state index contributed by atoms with van der Waals surface area (Å²) in [5.74, 6) is 0. The third kappa shape index (κ3) is 3.30. The zero-order valence-electron chi connectivity index (χ0n) is 13.0. The lowest BCUT2D eigenvalue weighted by molar-refractivity contribution is 0.106. The first-order valence-corrected chi connectivity index (χ1v) is 7.32. The van der Waals surface area contributed by atoms with Crippen LogP contribution in [-0.4, -0.2) is 39.4 Å². The van der Waals surface area contributed by atoms with E-state index in [1.54, 1.807) is 0 Å². The molecule has 0 spiro atoms. The van der Waals surface area contributed by atoms with Gasteiger partial charge in [-0.15, -0.1) is 0 Å². The molecule has 1 atom stereocenters. The fourth-order valence-electron chi connectivity index (χ4n) is 2.63. The average Bonchev–Trinajstić information content (AvgIpc) is 2.57. The molecular weight excluding hydrogens is 260 g/mol. The van der Waals surface area contributed by atoms with Crippen molar-refractivity contribution in [1.29, 1.82) is 0 Å². The van der Waals surface area contributed by atoms with Crippen molar-refractivity contribution >= 4 is 11.6 Å². The number of likely N-dealkylation sites (N-methyl/N-ethyl adjacent to an activating group) is 1. The molecular formula is C14H27ClN4. The quantitative estimate of drug-likeness (QED) is 0.873. The summed E-state index contributed by atoms with van der Waals surface area (Å²) in [5.41, 5.74) is 8.26. The lowest BCUT2D eigenvalue weighted by Crippen LogP contribution is -2.57. The largest absolute Gasteiger partial charge is 0.326 e. The third-order valence-corrected chi connectivity index (χ3v) is 4.65. The number of nitrogens with two attached hydrogens (primary N) is 1. The van der Waals surface area contributed by atoms with Gasteiger partial charge in [-0.25, -0.2) is 0 Å². The summed E-state index contributed by atoms with van der Waals surface area (Å²) >= 11 is 6.30. The van der Waals surface area contributed by atoms with E-state index in [9.17, 15) is 0 Å². The molecule has 0 aromatic carbocycles. The van der Waals surface area contributed by atoms with E-state index < -0.39 is 0 Å². The van der Waals surface area contributed by atoms with Crippen LogP contribution in [0.1, 0.15) is 39.1 Å². The van der Waals surface area contributed by atoms with Crippen molar-refractivity contribution in [2.24, 2.45) is 12.8 Å². The fourth-order valence-corrected chi connectivity index (χ4v) is 2.87. The SMILES string of the molecule is CCN(CC)C(C)(C)C(N)Cc1c(Cl)c(C)nn1C. The highest BCUT2D eigenvalue weighted by molar-refractivity contribution is 6.31. The molecule has 0 bridgehead atoms. The van der Waals surface area contributed by atoms with Gasteiger partial charge >= 0.3 is 0 Å². The second-order valence-electron chi connectivity index (χ2n) is 5.61. The summed E-state index contributed by atoms with van der Waals surface area (Å²) in [4.78, 5) is 2.38. The van der Waals surface area contributed by atoms with Gasteiger partial charge in [-0.3, -0.25) is 9.58 Å². The Morgan fingerprint density at radius 3 is 2.26 bits per heavy atom. The van der Waals surface area contributed by atoms with Crippen molar-refractivity contribution in [2.45, 2.75) is 52.6 Å². The van der Waals surface area contributed by atoms with Gasteiger partial charge in [0.2, 0.25) is 0 Å². The Hall–Kier alpha value is -0.580. The number of hydrogen-bond acceptors (Lipinski definition) is 3. The molecule has 0 aliphatic heterocycles. The van der Waals surface area contributed by atoms with Gasteiger partial charge in [0, 0.05) is 25.0 Å². The normalized spacial score (nSPS) is 14.2. The first kappa shape index (κ1) is 16.5. The van der Waals surface area contributed by atoms with E-state index in [4.69, 9.17) is 17.3 Å². The fraction of sp³-hybridized carbons (Fsp3) is 0.786. The Morgan fingerprint density at radius 2 is 1.89 bits per heavy atom. The second kappa shape index (κ2) is 6.25. The van der Waals surface area contributed by atoms with Crippen molar-refractivity contribution < 1.29 is 0 Å². The molecule has 1 unspecified atom stereocenters.